The van der Waals surface area contributed by atoms with E-state index in [9.17, 15) is 9.59 Å². The van der Waals surface area contributed by atoms with Gasteiger partial charge in [0, 0.05) is 39.0 Å². The van der Waals surface area contributed by atoms with Gasteiger partial charge in [0.15, 0.2) is 0 Å². The highest BCUT2D eigenvalue weighted by molar-refractivity contribution is 5.87. The van der Waals surface area contributed by atoms with E-state index in [-0.39, 0.29) is 17.7 Å². The van der Waals surface area contributed by atoms with Crippen LogP contribution < -0.4 is 4.74 Å². The molecular formula is C20H28N2O3. The number of hydrogen-bond acceptors (Lipinski definition) is 3. The molecule has 1 aromatic carbocycles. The molecule has 0 N–H and O–H groups in total. The second-order valence-electron chi connectivity index (χ2n) is 7.08. The van der Waals surface area contributed by atoms with Crippen molar-refractivity contribution in [2.75, 3.05) is 33.3 Å². The SMILES string of the molecule is CCOc1ccccc1C1CCN(C(=O)C2CCN(C)C(=O)C2)CC1. The smallest absolute Gasteiger partial charge is 0.226 e. The van der Waals surface area contributed by atoms with Gasteiger partial charge in [0.25, 0.3) is 0 Å². The van der Waals surface area contributed by atoms with Crippen LogP contribution in [0, 0.1) is 5.92 Å². The van der Waals surface area contributed by atoms with Gasteiger partial charge in [0.05, 0.1) is 6.61 Å². The minimum atomic E-state index is -0.129. The lowest BCUT2D eigenvalue weighted by Crippen LogP contribution is -2.46. The number of amides is 2. The third-order valence-corrected chi connectivity index (χ3v) is 5.47. The molecule has 25 heavy (non-hydrogen) atoms. The number of nitrogens with zero attached hydrogens (tertiary/aromatic N) is 2. The minimum absolute atomic E-state index is 0.0881. The summed E-state index contributed by atoms with van der Waals surface area (Å²) in [5.74, 6) is 1.53. The summed E-state index contributed by atoms with van der Waals surface area (Å²) in [5, 5.41) is 0. The van der Waals surface area contributed by atoms with E-state index in [4.69, 9.17) is 4.74 Å². The Morgan fingerprint density at radius 2 is 1.88 bits per heavy atom. The molecule has 1 unspecified atom stereocenters. The Kier molecular flexibility index (Phi) is 5.61. The number of carbonyl (C=O) groups excluding carboxylic acids is 2. The number of para-hydroxylation sites is 1. The van der Waals surface area contributed by atoms with Crippen molar-refractivity contribution in [3.8, 4) is 5.75 Å². The molecular weight excluding hydrogens is 316 g/mol. The Bertz CT molecular complexity index is 623. The van der Waals surface area contributed by atoms with Crippen LogP contribution in [-0.2, 0) is 9.59 Å². The molecule has 5 heteroatoms. The van der Waals surface area contributed by atoms with Crippen LogP contribution in [0.3, 0.4) is 0 Å². The average molecular weight is 344 g/mol. The summed E-state index contributed by atoms with van der Waals surface area (Å²) in [6.07, 6.45) is 3.06. The maximum atomic E-state index is 12.7. The normalized spacial score (nSPS) is 22.2. The fourth-order valence-corrected chi connectivity index (χ4v) is 3.93. The Balaban J connectivity index is 1.59. The maximum absolute atomic E-state index is 12.7. The summed E-state index contributed by atoms with van der Waals surface area (Å²) in [7, 11) is 1.81. The lowest BCUT2D eigenvalue weighted by molar-refractivity contribution is -0.145. The van der Waals surface area contributed by atoms with Gasteiger partial charge in [-0.3, -0.25) is 9.59 Å². The standard InChI is InChI=1S/C20H28N2O3/c1-3-25-18-7-5-4-6-17(18)15-9-12-22(13-10-15)20(24)16-8-11-21(2)19(23)14-16/h4-7,15-16H,3,8-14H2,1-2H3. The molecule has 2 aliphatic rings. The van der Waals surface area contributed by atoms with Crippen LogP contribution in [0.15, 0.2) is 24.3 Å². The van der Waals surface area contributed by atoms with E-state index in [1.54, 1.807) is 4.90 Å². The molecule has 2 heterocycles. The number of hydrogen-bond donors (Lipinski definition) is 0. The fourth-order valence-electron chi connectivity index (χ4n) is 3.93. The zero-order chi connectivity index (χ0) is 17.8. The number of piperidine rings is 2. The van der Waals surface area contributed by atoms with Gasteiger partial charge in [-0.15, -0.1) is 0 Å². The van der Waals surface area contributed by atoms with Crippen LogP contribution in [0.4, 0.5) is 0 Å². The van der Waals surface area contributed by atoms with Gasteiger partial charge in [-0.2, -0.15) is 0 Å². The quantitative estimate of drug-likeness (QED) is 0.844. The molecule has 2 aliphatic heterocycles. The van der Waals surface area contributed by atoms with Crippen molar-refractivity contribution in [2.45, 2.75) is 38.5 Å². The molecule has 1 aromatic rings. The highest BCUT2D eigenvalue weighted by Gasteiger charge is 2.33. The van der Waals surface area contributed by atoms with Gasteiger partial charge in [-0.1, -0.05) is 18.2 Å². The number of likely N-dealkylation sites (tertiary alicyclic amines) is 2. The molecule has 0 bridgehead atoms. The zero-order valence-electron chi connectivity index (χ0n) is 15.2. The van der Waals surface area contributed by atoms with E-state index >= 15 is 0 Å². The number of carbonyl (C=O) groups is 2. The van der Waals surface area contributed by atoms with Gasteiger partial charge in [0.1, 0.15) is 5.75 Å². The van der Waals surface area contributed by atoms with Crippen LogP contribution in [-0.4, -0.2) is 54.9 Å². The number of ether oxygens (including phenoxy) is 1. The van der Waals surface area contributed by atoms with Crippen LogP contribution in [0.2, 0.25) is 0 Å². The molecule has 1 atom stereocenters. The second kappa shape index (κ2) is 7.89. The first-order valence-corrected chi connectivity index (χ1v) is 9.34. The first-order chi connectivity index (χ1) is 12.1. The van der Waals surface area contributed by atoms with E-state index < -0.39 is 0 Å². The first kappa shape index (κ1) is 17.8. The maximum Gasteiger partial charge on any atom is 0.226 e. The lowest BCUT2D eigenvalue weighted by Gasteiger charge is -2.36. The van der Waals surface area contributed by atoms with Crippen molar-refractivity contribution < 1.29 is 14.3 Å². The van der Waals surface area contributed by atoms with Crippen molar-refractivity contribution in [2.24, 2.45) is 5.92 Å². The molecule has 5 nitrogen and oxygen atoms in total. The summed E-state index contributed by atoms with van der Waals surface area (Å²) in [6.45, 7) is 4.89. The van der Waals surface area contributed by atoms with Gasteiger partial charge in [0.2, 0.25) is 11.8 Å². The monoisotopic (exact) mass is 344 g/mol. The molecule has 136 valence electrons. The largest absolute Gasteiger partial charge is 0.494 e. The van der Waals surface area contributed by atoms with Gasteiger partial charge >= 0.3 is 0 Å². The summed E-state index contributed by atoms with van der Waals surface area (Å²) >= 11 is 0. The third-order valence-electron chi connectivity index (χ3n) is 5.47. The molecule has 0 aliphatic carbocycles. The highest BCUT2D eigenvalue weighted by Crippen LogP contribution is 2.35. The van der Waals surface area contributed by atoms with Crippen molar-refractivity contribution in [1.29, 1.82) is 0 Å². The summed E-state index contributed by atoms with van der Waals surface area (Å²) in [6, 6.07) is 8.23. The van der Waals surface area contributed by atoms with E-state index in [0.717, 1.165) is 38.1 Å². The molecule has 2 fully saturated rings. The number of benzene rings is 1. The van der Waals surface area contributed by atoms with Crippen molar-refractivity contribution >= 4 is 11.8 Å². The zero-order valence-corrected chi connectivity index (χ0v) is 15.2. The first-order valence-electron chi connectivity index (χ1n) is 9.34. The van der Waals surface area contributed by atoms with Crippen molar-refractivity contribution in [1.82, 2.24) is 9.80 Å². The van der Waals surface area contributed by atoms with Gasteiger partial charge < -0.3 is 14.5 Å². The lowest BCUT2D eigenvalue weighted by atomic mass is 9.87. The molecule has 0 aromatic heterocycles. The summed E-state index contributed by atoms with van der Waals surface area (Å²) in [5.41, 5.74) is 1.26. The van der Waals surface area contributed by atoms with Crippen LogP contribution in [0.1, 0.15) is 44.1 Å². The molecule has 0 radical (unpaired) electrons. The Morgan fingerprint density at radius 1 is 1.16 bits per heavy atom. The predicted octanol–water partition coefficient (Wildman–Crippen LogP) is 2.66. The van der Waals surface area contributed by atoms with Crippen molar-refractivity contribution in [3.05, 3.63) is 29.8 Å². The van der Waals surface area contributed by atoms with Crippen molar-refractivity contribution in [3.63, 3.8) is 0 Å². The van der Waals surface area contributed by atoms with E-state index in [0.29, 0.717) is 25.5 Å². The van der Waals surface area contributed by atoms with E-state index in [1.165, 1.54) is 5.56 Å². The Hall–Kier alpha value is -2.04. The van der Waals surface area contributed by atoms with Crippen LogP contribution in [0.25, 0.3) is 0 Å². The fraction of sp³-hybridized carbons (Fsp3) is 0.600. The van der Waals surface area contributed by atoms with E-state index in [2.05, 4.69) is 12.1 Å². The third kappa shape index (κ3) is 3.97. The predicted molar refractivity (Wildman–Crippen MR) is 96.5 cm³/mol. The molecule has 0 spiro atoms. The molecule has 0 saturated carbocycles. The molecule has 3 rings (SSSR count). The average Bonchev–Trinajstić information content (AvgIpc) is 2.64. The summed E-state index contributed by atoms with van der Waals surface area (Å²) in [4.78, 5) is 28.3. The number of rotatable bonds is 4. The Morgan fingerprint density at radius 3 is 2.56 bits per heavy atom. The topological polar surface area (TPSA) is 49.9 Å². The molecule has 2 amide bonds. The molecule has 2 saturated heterocycles. The summed E-state index contributed by atoms with van der Waals surface area (Å²) < 4.78 is 5.76. The van der Waals surface area contributed by atoms with Gasteiger partial charge in [-0.05, 0) is 43.7 Å². The van der Waals surface area contributed by atoms with Crippen LogP contribution >= 0.6 is 0 Å². The highest BCUT2D eigenvalue weighted by atomic mass is 16.5. The van der Waals surface area contributed by atoms with E-state index in [1.807, 2.05) is 31.0 Å². The minimum Gasteiger partial charge on any atom is -0.494 e. The second-order valence-corrected chi connectivity index (χ2v) is 7.08. The Labute approximate surface area is 149 Å². The van der Waals surface area contributed by atoms with Crippen LogP contribution in [0.5, 0.6) is 5.75 Å². The van der Waals surface area contributed by atoms with Gasteiger partial charge in [-0.25, -0.2) is 0 Å².